The summed E-state index contributed by atoms with van der Waals surface area (Å²) in [6.45, 7) is 0.253. The molecule has 0 aliphatic carbocycles. The van der Waals surface area contributed by atoms with Crippen LogP contribution in [0.3, 0.4) is 0 Å². The maximum atomic E-state index is 13.0. The molecule has 0 amide bonds. The van der Waals surface area contributed by atoms with Gasteiger partial charge in [-0.2, -0.15) is 10.1 Å². The van der Waals surface area contributed by atoms with Gasteiger partial charge >= 0.3 is 0 Å². The van der Waals surface area contributed by atoms with Crippen molar-refractivity contribution in [2.45, 2.75) is 6.61 Å². The van der Waals surface area contributed by atoms with E-state index in [-0.39, 0.29) is 12.3 Å². The Labute approximate surface area is 103 Å². The highest BCUT2D eigenvalue weighted by molar-refractivity contribution is 5.57. The molecule has 18 heavy (non-hydrogen) atoms. The molecule has 5 nitrogen and oxygen atoms in total. The standard InChI is InChI=1S/C12H10FN3O2/c1-16-10(4-5-15-16)7-18-12-3-2-9(13)6-11(12)14-8-17/h2-6H,7H2,1H3. The van der Waals surface area contributed by atoms with Crippen LogP contribution in [0.15, 0.2) is 35.5 Å². The van der Waals surface area contributed by atoms with Crippen LogP contribution in [0.1, 0.15) is 5.69 Å². The van der Waals surface area contributed by atoms with Crippen molar-refractivity contribution in [2.75, 3.05) is 0 Å². The van der Waals surface area contributed by atoms with Gasteiger partial charge in [0.1, 0.15) is 23.9 Å². The number of carbonyl (C=O) groups excluding carboxylic acids is 1. The number of ether oxygens (including phenoxy) is 1. The second-order valence-corrected chi connectivity index (χ2v) is 3.55. The fourth-order valence-corrected chi connectivity index (χ4v) is 1.44. The summed E-state index contributed by atoms with van der Waals surface area (Å²) in [7, 11) is 1.79. The lowest BCUT2D eigenvalue weighted by Crippen LogP contribution is -2.03. The zero-order valence-electron chi connectivity index (χ0n) is 9.63. The Bertz CT molecular complexity index is 603. The minimum Gasteiger partial charge on any atom is -0.485 e. The van der Waals surface area contributed by atoms with E-state index in [2.05, 4.69) is 10.1 Å². The quantitative estimate of drug-likeness (QED) is 0.614. The van der Waals surface area contributed by atoms with Crippen molar-refractivity contribution in [3.8, 4) is 5.75 Å². The highest BCUT2D eigenvalue weighted by atomic mass is 19.1. The first-order valence-corrected chi connectivity index (χ1v) is 5.18. The lowest BCUT2D eigenvalue weighted by molar-refractivity contribution is 0.295. The second-order valence-electron chi connectivity index (χ2n) is 3.55. The third kappa shape index (κ3) is 2.61. The third-order valence-corrected chi connectivity index (χ3v) is 2.39. The molecule has 0 fully saturated rings. The van der Waals surface area contributed by atoms with Gasteiger partial charge in [0, 0.05) is 19.3 Å². The fraction of sp³-hybridized carbons (Fsp3) is 0.167. The predicted octanol–water partition coefficient (Wildman–Crippen LogP) is 2.11. The molecule has 1 heterocycles. The Hall–Kier alpha value is -2.46. The van der Waals surface area contributed by atoms with Gasteiger partial charge in [-0.1, -0.05) is 0 Å². The first-order chi connectivity index (χ1) is 8.70. The molecular weight excluding hydrogens is 237 g/mol. The number of hydrogen-bond acceptors (Lipinski definition) is 4. The summed E-state index contributed by atoms with van der Waals surface area (Å²) in [5, 5.41) is 3.99. The van der Waals surface area contributed by atoms with Crippen LogP contribution in [-0.2, 0) is 18.4 Å². The van der Waals surface area contributed by atoms with Gasteiger partial charge in [-0.15, -0.1) is 0 Å². The van der Waals surface area contributed by atoms with Crippen molar-refractivity contribution in [1.82, 2.24) is 9.78 Å². The SMILES string of the molecule is Cn1nccc1COc1ccc(F)cc1N=C=O. The summed E-state index contributed by atoms with van der Waals surface area (Å²) in [5.74, 6) is -0.169. The predicted molar refractivity (Wildman–Crippen MR) is 61.7 cm³/mol. The molecule has 1 aromatic heterocycles. The van der Waals surface area contributed by atoms with E-state index in [0.29, 0.717) is 5.75 Å². The van der Waals surface area contributed by atoms with Gasteiger partial charge < -0.3 is 4.74 Å². The maximum absolute atomic E-state index is 13.0. The van der Waals surface area contributed by atoms with Crippen LogP contribution >= 0.6 is 0 Å². The molecule has 6 heteroatoms. The monoisotopic (exact) mass is 247 g/mol. The molecule has 0 N–H and O–H groups in total. The summed E-state index contributed by atoms with van der Waals surface area (Å²) < 4.78 is 20.1. The van der Waals surface area contributed by atoms with Crippen LogP contribution in [0.2, 0.25) is 0 Å². The number of benzene rings is 1. The van der Waals surface area contributed by atoms with E-state index in [1.807, 2.05) is 0 Å². The van der Waals surface area contributed by atoms with E-state index in [1.54, 1.807) is 24.0 Å². The van der Waals surface area contributed by atoms with Crippen molar-refractivity contribution >= 4 is 11.8 Å². The summed E-state index contributed by atoms with van der Waals surface area (Å²) in [6.07, 6.45) is 3.01. The van der Waals surface area contributed by atoms with E-state index < -0.39 is 5.82 Å². The average molecular weight is 247 g/mol. The molecule has 92 valence electrons. The van der Waals surface area contributed by atoms with Gasteiger partial charge in [0.15, 0.2) is 0 Å². The van der Waals surface area contributed by atoms with Crippen LogP contribution in [0.4, 0.5) is 10.1 Å². The number of rotatable bonds is 4. The molecule has 0 radical (unpaired) electrons. The van der Waals surface area contributed by atoms with E-state index >= 15 is 0 Å². The fourth-order valence-electron chi connectivity index (χ4n) is 1.44. The average Bonchev–Trinajstić information content (AvgIpc) is 2.74. The Balaban J connectivity index is 2.19. The molecular formula is C12H10FN3O2. The highest BCUT2D eigenvalue weighted by Crippen LogP contribution is 2.28. The van der Waals surface area contributed by atoms with Crippen LogP contribution in [0.5, 0.6) is 5.75 Å². The molecule has 0 spiro atoms. The molecule has 0 unspecified atom stereocenters. The number of halogens is 1. The summed E-state index contributed by atoms with van der Waals surface area (Å²) in [5.41, 5.74) is 0.965. The highest BCUT2D eigenvalue weighted by Gasteiger charge is 2.06. The normalized spacial score (nSPS) is 9.89. The van der Waals surface area contributed by atoms with Crippen molar-refractivity contribution in [2.24, 2.45) is 12.0 Å². The number of hydrogen-bond donors (Lipinski definition) is 0. The first-order valence-electron chi connectivity index (χ1n) is 5.18. The van der Waals surface area contributed by atoms with Gasteiger partial charge in [-0.05, 0) is 18.2 Å². The lowest BCUT2D eigenvalue weighted by atomic mass is 10.3. The number of aryl methyl sites for hydroxylation is 1. The topological polar surface area (TPSA) is 56.5 Å². The molecule has 2 rings (SSSR count). The zero-order chi connectivity index (χ0) is 13.0. The summed E-state index contributed by atoms with van der Waals surface area (Å²) in [4.78, 5) is 13.6. The van der Waals surface area contributed by atoms with Crippen molar-refractivity contribution in [3.63, 3.8) is 0 Å². The largest absolute Gasteiger partial charge is 0.485 e. The minimum atomic E-state index is -0.489. The molecule has 0 saturated carbocycles. The van der Waals surface area contributed by atoms with Crippen molar-refractivity contribution in [1.29, 1.82) is 0 Å². The van der Waals surface area contributed by atoms with Gasteiger partial charge in [0.2, 0.25) is 6.08 Å². The smallest absolute Gasteiger partial charge is 0.240 e. The Morgan fingerprint density at radius 2 is 2.33 bits per heavy atom. The van der Waals surface area contributed by atoms with Crippen LogP contribution in [-0.4, -0.2) is 15.9 Å². The minimum absolute atomic E-state index is 0.118. The molecule has 2 aromatic rings. The Morgan fingerprint density at radius 3 is 3.00 bits per heavy atom. The molecule has 0 aliphatic rings. The molecule has 0 bridgehead atoms. The van der Waals surface area contributed by atoms with Crippen molar-refractivity contribution < 1.29 is 13.9 Å². The van der Waals surface area contributed by atoms with E-state index in [0.717, 1.165) is 11.8 Å². The van der Waals surface area contributed by atoms with Gasteiger partial charge in [-0.25, -0.2) is 9.18 Å². The van der Waals surface area contributed by atoms with Gasteiger partial charge in [0.25, 0.3) is 0 Å². The van der Waals surface area contributed by atoms with Crippen LogP contribution < -0.4 is 4.74 Å². The van der Waals surface area contributed by atoms with Gasteiger partial charge in [-0.3, -0.25) is 4.68 Å². The van der Waals surface area contributed by atoms with E-state index in [1.165, 1.54) is 18.2 Å². The van der Waals surface area contributed by atoms with Crippen LogP contribution in [0, 0.1) is 5.82 Å². The Kier molecular flexibility index (Phi) is 3.50. The summed E-state index contributed by atoms with van der Waals surface area (Å²) in [6, 6.07) is 5.57. The number of aliphatic imine (C=N–C) groups is 1. The second kappa shape index (κ2) is 5.25. The van der Waals surface area contributed by atoms with Crippen LogP contribution in [0.25, 0.3) is 0 Å². The zero-order valence-corrected chi connectivity index (χ0v) is 9.63. The number of aromatic nitrogens is 2. The van der Waals surface area contributed by atoms with Gasteiger partial charge in [0.05, 0.1) is 5.69 Å². The van der Waals surface area contributed by atoms with E-state index in [9.17, 15) is 9.18 Å². The lowest BCUT2D eigenvalue weighted by Gasteiger charge is -2.08. The molecule has 1 aromatic carbocycles. The number of isocyanates is 1. The Morgan fingerprint density at radius 1 is 1.50 bits per heavy atom. The molecule has 0 saturated heterocycles. The maximum Gasteiger partial charge on any atom is 0.240 e. The van der Waals surface area contributed by atoms with Crippen molar-refractivity contribution in [3.05, 3.63) is 42.0 Å². The van der Waals surface area contributed by atoms with E-state index in [4.69, 9.17) is 4.74 Å². The first kappa shape index (κ1) is 12.0. The summed E-state index contributed by atoms with van der Waals surface area (Å²) >= 11 is 0. The third-order valence-electron chi connectivity index (χ3n) is 2.39. The number of nitrogens with zero attached hydrogens (tertiary/aromatic N) is 3. The molecule has 0 aliphatic heterocycles. The molecule has 0 atom stereocenters.